The molecular weight excluding hydrogens is 295 g/mol. The highest BCUT2D eigenvalue weighted by Crippen LogP contribution is 2.25. The SMILES string of the molecule is O=C(NCC1CCC1)c1cccn(Cc2ccccc2F)c1=O. The van der Waals surface area contributed by atoms with Crippen molar-refractivity contribution >= 4 is 5.91 Å². The van der Waals surface area contributed by atoms with Crippen LogP contribution in [0.2, 0.25) is 0 Å². The zero-order valence-corrected chi connectivity index (χ0v) is 12.8. The standard InChI is InChI=1S/C18H19FN2O2/c19-16-9-2-1-7-14(16)12-21-10-4-8-15(18(21)23)17(22)20-11-13-5-3-6-13/h1-2,4,7-10,13H,3,5-6,11-12H2,(H,20,22). The van der Waals surface area contributed by atoms with Gasteiger partial charge in [-0.05, 0) is 37.0 Å². The van der Waals surface area contributed by atoms with Crippen LogP contribution < -0.4 is 10.9 Å². The van der Waals surface area contributed by atoms with E-state index in [1.165, 1.54) is 23.1 Å². The van der Waals surface area contributed by atoms with Crippen molar-refractivity contribution in [2.24, 2.45) is 5.92 Å². The number of amides is 1. The molecule has 0 saturated heterocycles. The summed E-state index contributed by atoms with van der Waals surface area (Å²) in [6, 6.07) is 9.46. The molecule has 23 heavy (non-hydrogen) atoms. The average molecular weight is 314 g/mol. The molecule has 2 aromatic rings. The number of hydrogen-bond donors (Lipinski definition) is 1. The molecule has 1 aliphatic rings. The van der Waals surface area contributed by atoms with E-state index in [-0.39, 0.29) is 23.8 Å². The van der Waals surface area contributed by atoms with Crippen LogP contribution in [0.3, 0.4) is 0 Å². The smallest absolute Gasteiger partial charge is 0.263 e. The lowest BCUT2D eigenvalue weighted by Crippen LogP contribution is -2.36. The number of hydrogen-bond acceptors (Lipinski definition) is 2. The number of rotatable bonds is 5. The average Bonchev–Trinajstić information content (AvgIpc) is 2.50. The Hall–Kier alpha value is -2.43. The van der Waals surface area contributed by atoms with Crippen LogP contribution in [-0.4, -0.2) is 17.0 Å². The third-order valence-corrected chi connectivity index (χ3v) is 4.34. The summed E-state index contributed by atoms with van der Waals surface area (Å²) < 4.78 is 15.1. The third-order valence-electron chi connectivity index (χ3n) is 4.34. The van der Waals surface area contributed by atoms with Gasteiger partial charge < -0.3 is 9.88 Å². The van der Waals surface area contributed by atoms with Crippen molar-refractivity contribution in [1.82, 2.24) is 9.88 Å². The molecule has 0 aliphatic heterocycles. The van der Waals surface area contributed by atoms with E-state index in [0.717, 1.165) is 12.8 Å². The molecule has 0 atom stereocenters. The molecule has 5 heteroatoms. The first kappa shape index (κ1) is 15.5. The third kappa shape index (κ3) is 3.50. The highest BCUT2D eigenvalue weighted by molar-refractivity contribution is 5.93. The molecule has 1 amide bonds. The molecule has 0 bridgehead atoms. The maximum Gasteiger partial charge on any atom is 0.263 e. The van der Waals surface area contributed by atoms with Gasteiger partial charge in [-0.15, -0.1) is 0 Å². The van der Waals surface area contributed by atoms with E-state index in [9.17, 15) is 14.0 Å². The van der Waals surface area contributed by atoms with Crippen LogP contribution in [0.25, 0.3) is 0 Å². The second-order valence-corrected chi connectivity index (χ2v) is 5.95. The quantitative estimate of drug-likeness (QED) is 0.922. The summed E-state index contributed by atoms with van der Waals surface area (Å²) in [5, 5.41) is 2.82. The predicted molar refractivity (Wildman–Crippen MR) is 85.9 cm³/mol. The zero-order valence-electron chi connectivity index (χ0n) is 12.8. The summed E-state index contributed by atoms with van der Waals surface area (Å²) in [6.45, 7) is 0.718. The fourth-order valence-corrected chi connectivity index (χ4v) is 2.67. The Morgan fingerprint density at radius 2 is 2.00 bits per heavy atom. The lowest BCUT2D eigenvalue weighted by molar-refractivity contribution is 0.0937. The minimum atomic E-state index is -0.401. The summed E-state index contributed by atoms with van der Waals surface area (Å²) >= 11 is 0. The van der Waals surface area contributed by atoms with Gasteiger partial charge in [-0.1, -0.05) is 24.6 Å². The number of carbonyl (C=O) groups excluding carboxylic acids is 1. The lowest BCUT2D eigenvalue weighted by atomic mass is 9.85. The predicted octanol–water partition coefficient (Wildman–Crippen LogP) is 2.57. The van der Waals surface area contributed by atoms with Crippen molar-refractivity contribution in [3.63, 3.8) is 0 Å². The van der Waals surface area contributed by atoms with Crippen molar-refractivity contribution < 1.29 is 9.18 Å². The monoisotopic (exact) mass is 314 g/mol. The van der Waals surface area contributed by atoms with Gasteiger partial charge in [0.2, 0.25) is 0 Å². The summed E-state index contributed by atoms with van der Waals surface area (Å²) in [7, 11) is 0. The Bertz CT molecular complexity index is 766. The molecule has 0 radical (unpaired) electrons. The number of nitrogens with one attached hydrogen (secondary N) is 1. The Balaban J connectivity index is 1.76. The Labute approximate surface area is 134 Å². The van der Waals surface area contributed by atoms with Gasteiger partial charge in [-0.3, -0.25) is 9.59 Å². The van der Waals surface area contributed by atoms with Crippen LogP contribution >= 0.6 is 0 Å². The van der Waals surface area contributed by atoms with Gasteiger partial charge in [0.25, 0.3) is 11.5 Å². The first-order valence-corrected chi connectivity index (χ1v) is 7.86. The molecular formula is C18H19FN2O2. The zero-order chi connectivity index (χ0) is 16.2. The molecule has 0 spiro atoms. The number of benzene rings is 1. The maximum atomic E-state index is 13.7. The van der Waals surface area contributed by atoms with E-state index < -0.39 is 5.56 Å². The summed E-state index contributed by atoms with van der Waals surface area (Å²) in [5.74, 6) is -0.188. The molecule has 0 unspecified atom stereocenters. The molecule has 1 saturated carbocycles. The van der Waals surface area contributed by atoms with Crippen LogP contribution in [0.5, 0.6) is 0 Å². The van der Waals surface area contributed by atoms with Crippen molar-refractivity contribution in [2.45, 2.75) is 25.8 Å². The van der Waals surface area contributed by atoms with Gasteiger partial charge in [-0.25, -0.2) is 4.39 Å². The van der Waals surface area contributed by atoms with E-state index >= 15 is 0 Å². The largest absolute Gasteiger partial charge is 0.352 e. The first-order chi connectivity index (χ1) is 11.1. The summed E-state index contributed by atoms with van der Waals surface area (Å²) in [5.41, 5.74) is 0.117. The minimum absolute atomic E-state index is 0.100. The summed E-state index contributed by atoms with van der Waals surface area (Å²) in [6.07, 6.45) is 5.04. The highest BCUT2D eigenvalue weighted by Gasteiger charge is 2.19. The highest BCUT2D eigenvalue weighted by atomic mass is 19.1. The molecule has 3 rings (SSSR count). The normalized spacial score (nSPS) is 14.3. The molecule has 1 aliphatic carbocycles. The van der Waals surface area contributed by atoms with Gasteiger partial charge in [0.1, 0.15) is 11.4 Å². The number of nitrogens with zero attached hydrogens (tertiary/aromatic N) is 1. The fraction of sp³-hybridized carbons (Fsp3) is 0.333. The van der Waals surface area contributed by atoms with Crippen LogP contribution in [-0.2, 0) is 6.54 Å². The Morgan fingerprint density at radius 1 is 1.22 bits per heavy atom. The number of halogens is 1. The van der Waals surface area contributed by atoms with Gasteiger partial charge in [0, 0.05) is 18.3 Å². The van der Waals surface area contributed by atoms with Gasteiger partial charge >= 0.3 is 0 Å². The van der Waals surface area contributed by atoms with Crippen LogP contribution in [0.4, 0.5) is 4.39 Å². The molecule has 4 nitrogen and oxygen atoms in total. The van der Waals surface area contributed by atoms with Crippen LogP contribution in [0, 0.1) is 11.7 Å². The van der Waals surface area contributed by atoms with E-state index in [1.54, 1.807) is 30.5 Å². The maximum absolute atomic E-state index is 13.7. The first-order valence-electron chi connectivity index (χ1n) is 7.86. The van der Waals surface area contributed by atoms with Crippen molar-refractivity contribution in [3.8, 4) is 0 Å². The van der Waals surface area contributed by atoms with E-state index in [4.69, 9.17) is 0 Å². The van der Waals surface area contributed by atoms with Crippen molar-refractivity contribution in [1.29, 1.82) is 0 Å². The van der Waals surface area contributed by atoms with Gasteiger partial charge in [-0.2, -0.15) is 0 Å². The second kappa shape index (κ2) is 6.77. The van der Waals surface area contributed by atoms with E-state index in [0.29, 0.717) is 18.0 Å². The van der Waals surface area contributed by atoms with Crippen molar-refractivity contribution in [3.05, 3.63) is 69.9 Å². The second-order valence-electron chi connectivity index (χ2n) is 5.95. The number of pyridine rings is 1. The Kier molecular flexibility index (Phi) is 4.55. The summed E-state index contributed by atoms with van der Waals surface area (Å²) in [4.78, 5) is 24.6. The number of carbonyl (C=O) groups is 1. The lowest BCUT2D eigenvalue weighted by Gasteiger charge is -2.25. The minimum Gasteiger partial charge on any atom is -0.352 e. The molecule has 1 fully saturated rings. The molecule has 1 N–H and O–H groups in total. The van der Waals surface area contributed by atoms with Gasteiger partial charge in [0.05, 0.1) is 6.54 Å². The molecule has 1 aromatic carbocycles. The molecule has 120 valence electrons. The van der Waals surface area contributed by atoms with Crippen LogP contribution in [0.1, 0.15) is 35.2 Å². The molecule has 1 heterocycles. The number of aromatic nitrogens is 1. The topological polar surface area (TPSA) is 51.1 Å². The Morgan fingerprint density at radius 3 is 2.70 bits per heavy atom. The van der Waals surface area contributed by atoms with E-state index in [2.05, 4.69) is 5.32 Å². The molecule has 1 aromatic heterocycles. The van der Waals surface area contributed by atoms with Gasteiger partial charge in [0.15, 0.2) is 0 Å². The van der Waals surface area contributed by atoms with Crippen LogP contribution in [0.15, 0.2) is 47.4 Å². The van der Waals surface area contributed by atoms with E-state index in [1.807, 2.05) is 0 Å². The van der Waals surface area contributed by atoms with Crippen molar-refractivity contribution in [2.75, 3.05) is 6.54 Å². The fourth-order valence-electron chi connectivity index (χ4n) is 2.67.